The maximum Gasteiger partial charge on any atom is 0.271 e. The number of amides is 2. The number of benzene rings is 3. The number of hydrogen-bond donors (Lipinski definition) is 0. The summed E-state index contributed by atoms with van der Waals surface area (Å²) >= 11 is 0. The van der Waals surface area contributed by atoms with E-state index >= 15 is 0 Å². The van der Waals surface area contributed by atoms with Gasteiger partial charge in [0.1, 0.15) is 17.3 Å². The van der Waals surface area contributed by atoms with Crippen LogP contribution in [-0.4, -0.2) is 33.6 Å². The van der Waals surface area contributed by atoms with Crippen molar-refractivity contribution < 1.29 is 18.7 Å². The lowest BCUT2D eigenvalue weighted by molar-refractivity contribution is -0.141. The highest BCUT2D eigenvalue weighted by Crippen LogP contribution is 2.33. The number of rotatable bonds is 6. The number of ether oxygens (including phenoxy) is 1. The number of nitrogens with zero attached hydrogens (tertiary/aromatic N) is 4. The van der Waals surface area contributed by atoms with Gasteiger partial charge in [0.2, 0.25) is 0 Å². The van der Waals surface area contributed by atoms with Crippen LogP contribution in [0.25, 0.3) is 23.0 Å². The lowest BCUT2D eigenvalue weighted by Crippen LogP contribution is -2.42. The molecule has 0 saturated carbocycles. The fourth-order valence-corrected chi connectivity index (χ4v) is 4.55. The second-order valence-electron chi connectivity index (χ2n) is 9.41. The first kappa shape index (κ1) is 26.3. The lowest BCUT2D eigenvalue weighted by atomic mass is 9.93. The number of carbonyl (C=O) groups excluding carboxylic acids is 2. The molecule has 0 atom stereocenters. The van der Waals surface area contributed by atoms with E-state index in [2.05, 4.69) is 0 Å². The molecule has 3 aromatic carbocycles. The van der Waals surface area contributed by atoms with Gasteiger partial charge in [-0.05, 0) is 61.4 Å². The Kier molecular flexibility index (Phi) is 7.13. The topological polar surface area (TPSA) is 88.2 Å². The van der Waals surface area contributed by atoms with E-state index in [1.165, 1.54) is 19.2 Å². The number of halogens is 1. The Morgan fingerprint density at radius 2 is 1.73 bits per heavy atom. The van der Waals surface area contributed by atoms with E-state index in [-0.39, 0.29) is 29.0 Å². The first-order valence-electron chi connectivity index (χ1n) is 12.5. The summed E-state index contributed by atoms with van der Waals surface area (Å²) in [5.41, 5.74) is 4.32. The highest BCUT2D eigenvalue weighted by Gasteiger charge is 2.35. The van der Waals surface area contributed by atoms with Crippen LogP contribution in [0.2, 0.25) is 0 Å². The van der Waals surface area contributed by atoms with Crippen molar-refractivity contribution in [1.82, 2.24) is 14.7 Å². The van der Waals surface area contributed by atoms with Gasteiger partial charge >= 0.3 is 0 Å². The van der Waals surface area contributed by atoms with E-state index in [1.54, 1.807) is 29.9 Å². The fourth-order valence-electron chi connectivity index (χ4n) is 4.55. The summed E-state index contributed by atoms with van der Waals surface area (Å²) in [6.45, 7) is 3.55. The molecule has 198 valence electrons. The Bertz CT molecular complexity index is 1730. The first-order valence-corrected chi connectivity index (χ1v) is 12.5. The SMILES string of the molecule is COc1ccc(-c2nn(-c3ccccc3)cc2/C=C2/C(=O)N(Cc3ccc(C)cc3)C(=O)C(C#N)=C2C)cc1F. The molecule has 0 fully saturated rings. The zero-order valence-corrected chi connectivity index (χ0v) is 22.2. The molecule has 0 N–H and O–H groups in total. The van der Waals surface area contributed by atoms with Gasteiger partial charge in [-0.2, -0.15) is 10.4 Å². The number of carbonyl (C=O) groups is 2. The Hall–Kier alpha value is -5.29. The van der Waals surface area contributed by atoms with Crippen LogP contribution < -0.4 is 4.74 Å². The largest absolute Gasteiger partial charge is 0.494 e. The maximum atomic E-state index is 14.7. The second kappa shape index (κ2) is 10.8. The summed E-state index contributed by atoms with van der Waals surface area (Å²) in [5.74, 6) is -1.63. The zero-order chi connectivity index (χ0) is 28.4. The highest BCUT2D eigenvalue weighted by atomic mass is 19.1. The predicted octanol–water partition coefficient (Wildman–Crippen LogP) is 5.79. The van der Waals surface area contributed by atoms with Gasteiger partial charge in [0.25, 0.3) is 11.8 Å². The molecule has 2 heterocycles. The first-order chi connectivity index (χ1) is 19.3. The number of nitriles is 1. The highest BCUT2D eigenvalue weighted by molar-refractivity contribution is 6.19. The van der Waals surface area contributed by atoms with Gasteiger partial charge in [-0.1, -0.05) is 48.0 Å². The third-order valence-electron chi connectivity index (χ3n) is 6.78. The molecule has 7 nitrogen and oxygen atoms in total. The van der Waals surface area contributed by atoms with E-state index in [0.717, 1.165) is 21.7 Å². The Morgan fingerprint density at radius 1 is 1.00 bits per heavy atom. The Morgan fingerprint density at radius 3 is 2.38 bits per heavy atom. The molecule has 0 unspecified atom stereocenters. The molecule has 5 rings (SSSR count). The summed E-state index contributed by atoms with van der Waals surface area (Å²) in [4.78, 5) is 28.0. The van der Waals surface area contributed by atoms with Crippen LogP contribution in [-0.2, 0) is 16.1 Å². The van der Waals surface area contributed by atoms with Crippen LogP contribution in [0.1, 0.15) is 23.6 Å². The number of aromatic nitrogens is 2. The minimum absolute atomic E-state index is 0.0214. The lowest BCUT2D eigenvalue weighted by Gasteiger charge is -2.27. The van der Waals surface area contributed by atoms with Crippen molar-refractivity contribution in [3.8, 4) is 28.8 Å². The van der Waals surface area contributed by atoms with Gasteiger partial charge in [-0.15, -0.1) is 0 Å². The van der Waals surface area contributed by atoms with Crippen molar-refractivity contribution in [2.45, 2.75) is 20.4 Å². The minimum atomic E-state index is -0.639. The van der Waals surface area contributed by atoms with Crippen molar-refractivity contribution >= 4 is 17.9 Å². The minimum Gasteiger partial charge on any atom is -0.494 e. The number of aryl methyl sites for hydroxylation is 1. The molecule has 8 heteroatoms. The number of hydrogen-bond acceptors (Lipinski definition) is 5. The second-order valence-corrected chi connectivity index (χ2v) is 9.41. The van der Waals surface area contributed by atoms with Crippen LogP contribution in [0.15, 0.2) is 95.7 Å². The van der Waals surface area contributed by atoms with Crippen molar-refractivity contribution in [2.24, 2.45) is 0 Å². The molecule has 0 saturated heterocycles. The van der Waals surface area contributed by atoms with E-state index < -0.39 is 17.6 Å². The molecular formula is C32H25FN4O3. The number of imide groups is 1. The molecule has 1 aliphatic rings. The van der Waals surface area contributed by atoms with Gasteiger partial charge in [0.05, 0.1) is 19.3 Å². The molecular weight excluding hydrogens is 507 g/mol. The number of methoxy groups -OCH3 is 1. The Labute approximate surface area is 231 Å². The van der Waals surface area contributed by atoms with E-state index in [1.807, 2.05) is 67.6 Å². The van der Waals surface area contributed by atoms with Crippen LogP contribution in [0, 0.1) is 24.1 Å². The molecule has 0 bridgehead atoms. The smallest absolute Gasteiger partial charge is 0.271 e. The van der Waals surface area contributed by atoms with Gasteiger partial charge in [0.15, 0.2) is 11.6 Å². The van der Waals surface area contributed by atoms with E-state index in [4.69, 9.17) is 9.84 Å². The molecule has 2 amide bonds. The van der Waals surface area contributed by atoms with E-state index in [9.17, 15) is 19.2 Å². The molecule has 4 aromatic rings. The van der Waals surface area contributed by atoms with Crippen LogP contribution in [0.4, 0.5) is 4.39 Å². The van der Waals surface area contributed by atoms with E-state index in [0.29, 0.717) is 16.8 Å². The third-order valence-corrected chi connectivity index (χ3v) is 6.78. The molecule has 0 radical (unpaired) electrons. The van der Waals surface area contributed by atoms with Crippen LogP contribution in [0.5, 0.6) is 5.75 Å². The predicted molar refractivity (Wildman–Crippen MR) is 149 cm³/mol. The third kappa shape index (κ3) is 4.93. The molecule has 0 spiro atoms. The van der Waals surface area contributed by atoms with Crippen molar-refractivity contribution in [3.05, 3.63) is 118 Å². The van der Waals surface area contributed by atoms with Gasteiger partial charge in [-0.3, -0.25) is 14.5 Å². The molecule has 1 aromatic heterocycles. The summed E-state index contributed by atoms with van der Waals surface area (Å²) in [6, 6.07) is 23.3. The molecule has 0 aliphatic carbocycles. The standard InChI is InChI=1S/C32H25FN4O3/c1-20-9-11-22(12-10-20)18-36-31(38)26(21(2)27(17-34)32(36)39)15-24-19-37(25-7-5-4-6-8-25)35-30(24)23-13-14-29(40-3)28(33)16-23/h4-16,19H,18H2,1-3H3/b26-15+. The van der Waals surface area contributed by atoms with Crippen molar-refractivity contribution in [1.29, 1.82) is 5.26 Å². The average Bonchev–Trinajstić information content (AvgIpc) is 3.39. The van der Waals surface area contributed by atoms with Crippen LogP contribution in [0.3, 0.4) is 0 Å². The fraction of sp³-hybridized carbons (Fsp3) is 0.125. The van der Waals surface area contributed by atoms with Crippen LogP contribution >= 0.6 is 0 Å². The summed E-state index contributed by atoms with van der Waals surface area (Å²) in [6.07, 6.45) is 3.33. The molecule has 1 aliphatic heterocycles. The maximum absolute atomic E-state index is 14.7. The Balaban J connectivity index is 1.65. The number of para-hydroxylation sites is 1. The summed E-state index contributed by atoms with van der Waals surface area (Å²) < 4.78 is 21.4. The monoisotopic (exact) mass is 532 g/mol. The summed E-state index contributed by atoms with van der Waals surface area (Å²) in [7, 11) is 1.39. The van der Waals surface area contributed by atoms with Crippen molar-refractivity contribution in [2.75, 3.05) is 7.11 Å². The van der Waals surface area contributed by atoms with Crippen molar-refractivity contribution in [3.63, 3.8) is 0 Å². The molecule has 40 heavy (non-hydrogen) atoms. The quantitative estimate of drug-likeness (QED) is 0.232. The van der Waals surface area contributed by atoms with Gasteiger partial charge < -0.3 is 4.74 Å². The average molecular weight is 533 g/mol. The van der Waals surface area contributed by atoms with Gasteiger partial charge in [0, 0.05) is 22.9 Å². The van der Waals surface area contributed by atoms with Gasteiger partial charge in [-0.25, -0.2) is 9.07 Å². The zero-order valence-electron chi connectivity index (χ0n) is 22.2. The normalized spacial score (nSPS) is 14.6. The summed E-state index contributed by atoms with van der Waals surface area (Å²) in [5, 5.41) is 14.5.